The summed E-state index contributed by atoms with van der Waals surface area (Å²) in [5.74, 6) is -1.18. The van der Waals surface area contributed by atoms with Crippen molar-refractivity contribution in [2.45, 2.75) is 84.1 Å². The second kappa shape index (κ2) is 13.4. The van der Waals surface area contributed by atoms with Gasteiger partial charge in [-0.3, -0.25) is 4.79 Å². The lowest BCUT2D eigenvalue weighted by molar-refractivity contribution is -0.000486. The Hall–Kier alpha value is -3.50. The highest BCUT2D eigenvalue weighted by Gasteiger charge is 2.26. The van der Waals surface area contributed by atoms with E-state index < -0.39 is 5.97 Å². The fourth-order valence-corrected chi connectivity index (χ4v) is 5.83. The molecule has 220 valence electrons. The van der Waals surface area contributed by atoms with Gasteiger partial charge in [-0.15, -0.1) is 0 Å². The molecule has 0 radical (unpaired) electrons. The van der Waals surface area contributed by atoms with Crippen LogP contribution in [0.5, 0.6) is 0 Å². The Labute approximate surface area is 241 Å². The van der Waals surface area contributed by atoms with E-state index in [0.29, 0.717) is 31.3 Å². The number of fused-ring (bicyclic) bond motifs is 1. The minimum atomic E-state index is -1.04. The Morgan fingerprint density at radius 3 is 2.66 bits per heavy atom. The SMILES string of the molecule is CCc1nc2c(cnn2CC)c(NC2CCCCOCC2)c1COC1CCN(C(=O)c2cccc(C(=O)O)c2)CC1. The molecule has 4 heterocycles. The van der Waals surface area contributed by atoms with E-state index >= 15 is 0 Å². The number of ether oxygens (including phenoxy) is 2. The molecular weight excluding hydrogens is 522 g/mol. The zero-order chi connectivity index (χ0) is 28.8. The van der Waals surface area contributed by atoms with Crippen molar-refractivity contribution in [2.24, 2.45) is 0 Å². The molecule has 2 aliphatic rings. The smallest absolute Gasteiger partial charge is 0.335 e. The lowest BCUT2D eigenvalue weighted by atomic mass is 10.0. The molecule has 0 saturated carbocycles. The molecule has 2 saturated heterocycles. The molecule has 3 aromatic rings. The van der Waals surface area contributed by atoms with Gasteiger partial charge in [-0.05, 0) is 70.1 Å². The normalized spacial score (nSPS) is 18.7. The van der Waals surface area contributed by atoms with Crippen LogP contribution < -0.4 is 5.32 Å². The van der Waals surface area contributed by atoms with Crippen molar-refractivity contribution >= 4 is 28.6 Å². The van der Waals surface area contributed by atoms with Gasteiger partial charge in [0.05, 0.1) is 41.2 Å². The predicted molar refractivity (Wildman–Crippen MR) is 156 cm³/mol. The molecular formula is C31H41N5O5. The van der Waals surface area contributed by atoms with Crippen LogP contribution in [0, 0.1) is 0 Å². The number of hydrogen-bond acceptors (Lipinski definition) is 7. The third-order valence-corrected chi connectivity index (χ3v) is 8.21. The third-order valence-electron chi connectivity index (χ3n) is 8.21. The Morgan fingerprint density at radius 2 is 1.90 bits per heavy atom. The highest BCUT2D eigenvalue weighted by atomic mass is 16.5. The van der Waals surface area contributed by atoms with Crippen molar-refractivity contribution in [3.05, 3.63) is 52.8 Å². The number of nitrogens with zero attached hydrogens (tertiary/aromatic N) is 4. The van der Waals surface area contributed by atoms with Gasteiger partial charge in [-0.25, -0.2) is 14.5 Å². The number of carbonyl (C=O) groups is 2. The summed E-state index contributed by atoms with van der Waals surface area (Å²) in [6, 6.07) is 6.53. The summed E-state index contributed by atoms with van der Waals surface area (Å²) < 4.78 is 14.2. The number of pyridine rings is 1. The third kappa shape index (κ3) is 6.70. The molecule has 10 heteroatoms. The lowest BCUT2D eigenvalue weighted by Crippen LogP contribution is -2.41. The standard InChI is InChI=1S/C31H41N5O5/c1-3-27-26(20-41-24-11-14-35(15-12-24)30(37)21-8-7-9-22(18-21)31(38)39)28(25-19-32-36(4-2)29(25)34-27)33-23-10-5-6-16-40-17-13-23/h7-9,18-19,23-24H,3-6,10-17,20H2,1-2H3,(H,33,34)(H,38,39). The first-order valence-corrected chi connectivity index (χ1v) is 14.9. The number of aromatic nitrogens is 3. The van der Waals surface area contributed by atoms with Gasteiger partial charge in [-0.1, -0.05) is 13.0 Å². The van der Waals surface area contributed by atoms with E-state index in [9.17, 15) is 14.7 Å². The molecule has 1 atom stereocenters. The van der Waals surface area contributed by atoms with Crippen LogP contribution in [-0.2, 0) is 29.0 Å². The molecule has 2 aliphatic heterocycles. The number of aryl methyl sites for hydroxylation is 2. The van der Waals surface area contributed by atoms with Crippen LogP contribution in [0.1, 0.15) is 84.3 Å². The quantitative estimate of drug-likeness (QED) is 0.377. The van der Waals surface area contributed by atoms with Crippen molar-refractivity contribution in [1.29, 1.82) is 0 Å². The van der Waals surface area contributed by atoms with E-state index in [4.69, 9.17) is 14.5 Å². The van der Waals surface area contributed by atoms with E-state index in [2.05, 4.69) is 24.3 Å². The van der Waals surface area contributed by atoms with E-state index in [1.807, 2.05) is 10.9 Å². The zero-order valence-electron chi connectivity index (χ0n) is 24.1. The number of rotatable bonds is 9. The number of nitrogens with one attached hydrogen (secondary N) is 1. The van der Waals surface area contributed by atoms with Crippen molar-refractivity contribution in [3.8, 4) is 0 Å². The van der Waals surface area contributed by atoms with E-state index in [0.717, 1.165) is 92.7 Å². The molecule has 5 rings (SSSR count). The topological polar surface area (TPSA) is 119 Å². The minimum absolute atomic E-state index is 0.0193. The maximum Gasteiger partial charge on any atom is 0.335 e. The number of piperidine rings is 1. The number of benzene rings is 1. The fraction of sp³-hybridized carbons (Fsp3) is 0.548. The van der Waals surface area contributed by atoms with Gasteiger partial charge in [0.25, 0.3) is 5.91 Å². The monoisotopic (exact) mass is 563 g/mol. The van der Waals surface area contributed by atoms with Crippen LogP contribution >= 0.6 is 0 Å². The van der Waals surface area contributed by atoms with Gasteiger partial charge in [0.2, 0.25) is 0 Å². The Bertz CT molecular complexity index is 1360. The number of anilines is 1. The number of amides is 1. The largest absolute Gasteiger partial charge is 0.478 e. The molecule has 1 amide bonds. The fourth-order valence-electron chi connectivity index (χ4n) is 5.83. The van der Waals surface area contributed by atoms with Crippen molar-refractivity contribution in [3.63, 3.8) is 0 Å². The summed E-state index contributed by atoms with van der Waals surface area (Å²) >= 11 is 0. The van der Waals surface area contributed by atoms with E-state index in [1.165, 1.54) is 12.1 Å². The van der Waals surface area contributed by atoms with Crippen molar-refractivity contribution < 1.29 is 24.2 Å². The summed E-state index contributed by atoms with van der Waals surface area (Å²) in [7, 11) is 0. The number of carboxylic acid groups (broad SMARTS) is 1. The average molecular weight is 564 g/mol. The highest BCUT2D eigenvalue weighted by Crippen LogP contribution is 2.32. The Balaban J connectivity index is 1.30. The van der Waals surface area contributed by atoms with E-state index in [-0.39, 0.29) is 17.6 Å². The molecule has 2 fully saturated rings. The maximum atomic E-state index is 13.0. The number of hydrogen-bond donors (Lipinski definition) is 2. The van der Waals surface area contributed by atoms with Crippen LogP contribution in [0.2, 0.25) is 0 Å². The summed E-state index contributed by atoms with van der Waals surface area (Å²) in [4.78, 5) is 31.2. The zero-order valence-corrected chi connectivity index (χ0v) is 24.1. The Morgan fingerprint density at radius 1 is 1.10 bits per heavy atom. The summed E-state index contributed by atoms with van der Waals surface area (Å²) in [5, 5.41) is 18.8. The number of aromatic carboxylic acids is 1. The second-order valence-corrected chi connectivity index (χ2v) is 10.9. The molecule has 2 N–H and O–H groups in total. The lowest BCUT2D eigenvalue weighted by Gasteiger charge is -2.32. The van der Waals surface area contributed by atoms with Crippen molar-refractivity contribution in [2.75, 3.05) is 31.6 Å². The van der Waals surface area contributed by atoms with Gasteiger partial charge in [0, 0.05) is 50.0 Å². The summed E-state index contributed by atoms with van der Waals surface area (Å²) in [6.45, 7) is 8.12. The molecule has 2 aromatic heterocycles. The molecule has 1 unspecified atom stereocenters. The van der Waals surface area contributed by atoms with Crippen molar-refractivity contribution in [1.82, 2.24) is 19.7 Å². The molecule has 1 aromatic carbocycles. The predicted octanol–water partition coefficient (Wildman–Crippen LogP) is 4.90. The summed E-state index contributed by atoms with van der Waals surface area (Å²) in [6.07, 6.45) is 8.42. The molecule has 10 nitrogen and oxygen atoms in total. The maximum absolute atomic E-state index is 13.0. The van der Waals surface area contributed by atoms with Gasteiger partial charge >= 0.3 is 5.97 Å². The van der Waals surface area contributed by atoms with Gasteiger partial charge in [0.1, 0.15) is 0 Å². The first kappa shape index (κ1) is 29.0. The van der Waals surface area contributed by atoms with Gasteiger partial charge < -0.3 is 24.8 Å². The number of likely N-dealkylation sites (tertiary alicyclic amines) is 1. The minimum Gasteiger partial charge on any atom is -0.478 e. The summed E-state index contributed by atoms with van der Waals surface area (Å²) in [5.41, 5.74) is 4.59. The van der Waals surface area contributed by atoms with Crippen LogP contribution in [0.25, 0.3) is 11.0 Å². The molecule has 0 bridgehead atoms. The number of carbonyl (C=O) groups excluding carboxylic acids is 1. The molecule has 41 heavy (non-hydrogen) atoms. The molecule has 0 spiro atoms. The first-order valence-electron chi connectivity index (χ1n) is 14.9. The van der Waals surface area contributed by atoms with Gasteiger partial charge in [-0.2, -0.15) is 5.10 Å². The van der Waals surface area contributed by atoms with Crippen LogP contribution in [-0.4, -0.2) is 75.1 Å². The van der Waals surface area contributed by atoms with E-state index in [1.54, 1.807) is 17.0 Å². The van der Waals surface area contributed by atoms with Crippen LogP contribution in [0.3, 0.4) is 0 Å². The number of carboxylic acids is 1. The Kier molecular flexibility index (Phi) is 9.51. The molecule has 0 aliphatic carbocycles. The highest BCUT2D eigenvalue weighted by molar-refractivity contribution is 5.97. The average Bonchev–Trinajstić information content (AvgIpc) is 3.40. The van der Waals surface area contributed by atoms with Gasteiger partial charge in [0.15, 0.2) is 5.65 Å². The second-order valence-electron chi connectivity index (χ2n) is 10.9. The van der Waals surface area contributed by atoms with Crippen LogP contribution in [0.15, 0.2) is 30.5 Å². The first-order chi connectivity index (χ1) is 20.0. The van der Waals surface area contributed by atoms with Crippen LogP contribution in [0.4, 0.5) is 5.69 Å².